The van der Waals surface area contributed by atoms with Gasteiger partial charge in [0.15, 0.2) is 0 Å². The quantitative estimate of drug-likeness (QED) is 0.489. The van der Waals surface area contributed by atoms with E-state index in [1.165, 1.54) is 83.5 Å². The molecule has 0 amide bonds. The van der Waals surface area contributed by atoms with Crippen LogP contribution in [0.25, 0.3) is 0 Å². The van der Waals surface area contributed by atoms with Crippen LogP contribution in [-0.2, 0) is 0 Å². The summed E-state index contributed by atoms with van der Waals surface area (Å²) < 4.78 is 0. The molecule has 0 aromatic heterocycles. The lowest BCUT2D eigenvalue weighted by atomic mass is 9.73. The van der Waals surface area contributed by atoms with E-state index in [-0.39, 0.29) is 0 Å². The topological polar surface area (TPSA) is 0 Å². The fraction of sp³-hybridized carbons (Fsp3) is 0.913. The van der Waals surface area contributed by atoms with Crippen molar-refractivity contribution in [1.29, 1.82) is 0 Å². The standard InChI is InChI=1S/C23H38/c1-18-3-7-20(8-4-18)11-12-21-13-15-23(16-14-21)17-22-9-5-19(2)6-10-22/h18-23H,3-10,13-17H2,1-2H3. The van der Waals surface area contributed by atoms with Gasteiger partial charge < -0.3 is 0 Å². The minimum absolute atomic E-state index is 0.730. The summed E-state index contributed by atoms with van der Waals surface area (Å²) in [5.74, 6) is 12.9. The zero-order chi connectivity index (χ0) is 16.1. The van der Waals surface area contributed by atoms with Gasteiger partial charge in [-0.2, -0.15) is 0 Å². The summed E-state index contributed by atoms with van der Waals surface area (Å²) >= 11 is 0. The van der Waals surface area contributed by atoms with Crippen LogP contribution in [0.4, 0.5) is 0 Å². The van der Waals surface area contributed by atoms with E-state index < -0.39 is 0 Å². The van der Waals surface area contributed by atoms with Crippen molar-refractivity contribution in [2.75, 3.05) is 0 Å². The highest BCUT2D eigenvalue weighted by Crippen LogP contribution is 2.38. The maximum absolute atomic E-state index is 3.69. The maximum atomic E-state index is 3.69. The summed E-state index contributed by atoms with van der Waals surface area (Å²) in [6.07, 6.45) is 18.8. The predicted molar refractivity (Wildman–Crippen MR) is 100 cm³/mol. The van der Waals surface area contributed by atoms with Crippen molar-refractivity contribution in [2.24, 2.45) is 35.5 Å². The fourth-order valence-corrected chi connectivity index (χ4v) is 5.22. The highest BCUT2D eigenvalue weighted by atomic mass is 14.3. The molecule has 0 heterocycles. The minimum Gasteiger partial charge on any atom is -0.0996 e. The average molecular weight is 315 g/mol. The minimum atomic E-state index is 0.730. The molecule has 3 rings (SSSR count). The Morgan fingerprint density at radius 1 is 0.522 bits per heavy atom. The Balaban J connectivity index is 1.35. The van der Waals surface area contributed by atoms with Gasteiger partial charge in [0.1, 0.15) is 0 Å². The van der Waals surface area contributed by atoms with Crippen molar-refractivity contribution in [2.45, 2.75) is 97.3 Å². The summed E-state index contributed by atoms with van der Waals surface area (Å²) in [5.41, 5.74) is 0. The molecule has 0 radical (unpaired) electrons. The molecule has 0 heteroatoms. The van der Waals surface area contributed by atoms with Crippen LogP contribution in [0.3, 0.4) is 0 Å². The average Bonchev–Trinajstić information content (AvgIpc) is 2.58. The molecule has 130 valence electrons. The molecule has 0 N–H and O–H groups in total. The van der Waals surface area contributed by atoms with E-state index in [9.17, 15) is 0 Å². The Hall–Kier alpha value is -0.440. The van der Waals surface area contributed by atoms with Crippen LogP contribution in [0.15, 0.2) is 0 Å². The summed E-state index contributed by atoms with van der Waals surface area (Å²) in [4.78, 5) is 0. The van der Waals surface area contributed by atoms with Crippen molar-refractivity contribution in [3.05, 3.63) is 0 Å². The zero-order valence-electron chi connectivity index (χ0n) is 15.7. The van der Waals surface area contributed by atoms with Crippen LogP contribution in [-0.4, -0.2) is 0 Å². The SMILES string of the molecule is CC1CCC(C#CC2CCC(CC3CCC(C)CC3)CC2)CC1. The monoisotopic (exact) mass is 314 g/mol. The van der Waals surface area contributed by atoms with Crippen molar-refractivity contribution in [3.63, 3.8) is 0 Å². The van der Waals surface area contributed by atoms with E-state index in [1.807, 2.05) is 0 Å². The number of hydrogen-bond acceptors (Lipinski definition) is 0. The van der Waals surface area contributed by atoms with Crippen LogP contribution >= 0.6 is 0 Å². The second-order valence-corrected chi connectivity index (χ2v) is 9.32. The second kappa shape index (κ2) is 8.60. The van der Waals surface area contributed by atoms with Crippen LogP contribution in [0, 0.1) is 47.3 Å². The molecule has 3 saturated carbocycles. The molecule has 0 unspecified atom stereocenters. The first kappa shape index (κ1) is 17.4. The Morgan fingerprint density at radius 2 is 0.870 bits per heavy atom. The zero-order valence-corrected chi connectivity index (χ0v) is 15.7. The van der Waals surface area contributed by atoms with Gasteiger partial charge in [0.2, 0.25) is 0 Å². The van der Waals surface area contributed by atoms with Gasteiger partial charge in [-0.3, -0.25) is 0 Å². The molecule has 0 aliphatic heterocycles. The van der Waals surface area contributed by atoms with E-state index in [2.05, 4.69) is 25.7 Å². The largest absolute Gasteiger partial charge is 0.0996 e. The van der Waals surface area contributed by atoms with E-state index in [4.69, 9.17) is 0 Å². The third-order valence-corrected chi connectivity index (χ3v) is 7.16. The molecule has 3 aliphatic carbocycles. The van der Waals surface area contributed by atoms with Gasteiger partial charge in [0.05, 0.1) is 0 Å². The summed E-state index contributed by atoms with van der Waals surface area (Å²) in [6.45, 7) is 4.84. The Kier molecular flexibility index (Phi) is 6.50. The van der Waals surface area contributed by atoms with Crippen molar-refractivity contribution >= 4 is 0 Å². The van der Waals surface area contributed by atoms with Crippen LogP contribution in [0.2, 0.25) is 0 Å². The Morgan fingerprint density at radius 3 is 1.35 bits per heavy atom. The first-order valence-electron chi connectivity index (χ1n) is 10.7. The smallest absolute Gasteiger partial charge is 0.0203 e. The maximum Gasteiger partial charge on any atom is 0.0203 e. The van der Waals surface area contributed by atoms with Crippen molar-refractivity contribution in [3.8, 4) is 11.8 Å². The third-order valence-electron chi connectivity index (χ3n) is 7.16. The highest BCUT2D eigenvalue weighted by Gasteiger charge is 2.25. The Bertz CT molecular complexity index is 387. The predicted octanol–water partition coefficient (Wildman–Crippen LogP) is 6.84. The third kappa shape index (κ3) is 5.55. The molecule has 0 aromatic rings. The van der Waals surface area contributed by atoms with Gasteiger partial charge in [-0.1, -0.05) is 51.4 Å². The molecule has 0 bridgehead atoms. The molecule has 3 aliphatic rings. The normalized spacial score (nSPS) is 41.8. The van der Waals surface area contributed by atoms with E-state index >= 15 is 0 Å². The van der Waals surface area contributed by atoms with Gasteiger partial charge in [-0.05, 0) is 81.5 Å². The van der Waals surface area contributed by atoms with Gasteiger partial charge in [0, 0.05) is 11.8 Å². The highest BCUT2D eigenvalue weighted by molar-refractivity contribution is 5.09. The fourth-order valence-electron chi connectivity index (χ4n) is 5.22. The number of hydrogen-bond donors (Lipinski definition) is 0. The molecular formula is C23H38. The molecule has 0 aromatic carbocycles. The molecule has 0 spiro atoms. The lowest BCUT2D eigenvalue weighted by Crippen LogP contribution is -2.20. The van der Waals surface area contributed by atoms with Crippen molar-refractivity contribution < 1.29 is 0 Å². The van der Waals surface area contributed by atoms with Gasteiger partial charge in [-0.25, -0.2) is 0 Å². The molecule has 0 atom stereocenters. The van der Waals surface area contributed by atoms with Crippen molar-refractivity contribution in [1.82, 2.24) is 0 Å². The lowest BCUT2D eigenvalue weighted by molar-refractivity contribution is 0.208. The molecule has 0 saturated heterocycles. The first-order valence-corrected chi connectivity index (χ1v) is 10.7. The summed E-state index contributed by atoms with van der Waals surface area (Å²) in [6, 6.07) is 0. The second-order valence-electron chi connectivity index (χ2n) is 9.32. The van der Waals surface area contributed by atoms with E-state index in [1.54, 1.807) is 0 Å². The Labute approximate surface area is 145 Å². The molecule has 0 nitrogen and oxygen atoms in total. The first-order chi connectivity index (χ1) is 11.2. The van der Waals surface area contributed by atoms with Gasteiger partial charge in [-0.15, -0.1) is 0 Å². The van der Waals surface area contributed by atoms with Crippen LogP contribution < -0.4 is 0 Å². The summed E-state index contributed by atoms with van der Waals surface area (Å²) in [7, 11) is 0. The number of rotatable bonds is 2. The van der Waals surface area contributed by atoms with Gasteiger partial charge >= 0.3 is 0 Å². The van der Waals surface area contributed by atoms with E-state index in [0.29, 0.717) is 0 Å². The van der Waals surface area contributed by atoms with Crippen LogP contribution in [0.5, 0.6) is 0 Å². The van der Waals surface area contributed by atoms with E-state index in [0.717, 1.165) is 35.5 Å². The van der Waals surface area contributed by atoms with Crippen LogP contribution in [0.1, 0.15) is 97.3 Å². The lowest BCUT2D eigenvalue weighted by Gasteiger charge is -2.32. The summed E-state index contributed by atoms with van der Waals surface area (Å²) in [5, 5.41) is 0. The van der Waals surface area contributed by atoms with Gasteiger partial charge in [0.25, 0.3) is 0 Å². The molecule has 3 fully saturated rings. The molecular weight excluding hydrogens is 276 g/mol. The molecule has 23 heavy (non-hydrogen) atoms.